The molecule has 1 saturated heterocycles. The van der Waals surface area contributed by atoms with Crippen molar-refractivity contribution >= 4 is 0 Å². The highest BCUT2D eigenvalue weighted by atomic mass is 15.3. The van der Waals surface area contributed by atoms with E-state index in [0.717, 1.165) is 26.2 Å². The van der Waals surface area contributed by atoms with Crippen LogP contribution in [0.2, 0.25) is 0 Å². The van der Waals surface area contributed by atoms with Gasteiger partial charge in [0.05, 0.1) is 0 Å². The highest BCUT2D eigenvalue weighted by Gasteiger charge is 2.33. The van der Waals surface area contributed by atoms with E-state index in [2.05, 4.69) is 47.8 Å². The maximum Gasteiger partial charge on any atom is 0.0342 e. The van der Waals surface area contributed by atoms with Gasteiger partial charge in [-0.15, -0.1) is 0 Å². The van der Waals surface area contributed by atoms with Crippen LogP contribution in [0, 0.1) is 0 Å². The Morgan fingerprint density at radius 1 is 1.37 bits per heavy atom. The summed E-state index contributed by atoms with van der Waals surface area (Å²) in [5.41, 5.74) is 7.46. The van der Waals surface area contributed by atoms with Crippen molar-refractivity contribution < 1.29 is 0 Å². The average Bonchev–Trinajstić information content (AvgIpc) is 2.51. The first kappa shape index (κ1) is 14.4. The van der Waals surface area contributed by atoms with Crippen LogP contribution in [0.15, 0.2) is 24.5 Å². The Morgan fingerprint density at radius 3 is 2.68 bits per heavy atom. The van der Waals surface area contributed by atoms with Crippen molar-refractivity contribution in [2.24, 2.45) is 5.73 Å². The molecule has 0 saturated carbocycles. The largest absolute Gasteiger partial charge is 0.329 e. The first-order valence-electron chi connectivity index (χ1n) is 7.07. The Balaban J connectivity index is 2.15. The maximum atomic E-state index is 5.93. The monoisotopic (exact) mass is 262 g/mol. The van der Waals surface area contributed by atoms with Crippen molar-refractivity contribution in [2.45, 2.75) is 38.4 Å². The Labute approximate surface area is 116 Å². The Hall–Kier alpha value is -0.970. The number of likely N-dealkylation sites (N-methyl/N-ethyl adjacent to an activating group) is 1. The Kier molecular flexibility index (Phi) is 4.55. The van der Waals surface area contributed by atoms with Crippen LogP contribution in [0.5, 0.6) is 0 Å². The fourth-order valence-electron chi connectivity index (χ4n) is 2.67. The van der Waals surface area contributed by atoms with Crippen molar-refractivity contribution in [1.29, 1.82) is 0 Å². The van der Waals surface area contributed by atoms with E-state index in [0.29, 0.717) is 6.04 Å². The molecule has 1 aromatic rings. The highest BCUT2D eigenvalue weighted by molar-refractivity contribution is 5.10. The number of nitrogens with zero attached hydrogens (tertiary/aromatic N) is 3. The third kappa shape index (κ3) is 3.53. The Bertz CT molecular complexity index is 390. The second-order valence-electron chi connectivity index (χ2n) is 6.17. The lowest BCUT2D eigenvalue weighted by molar-refractivity contribution is 0.107. The molecule has 1 fully saturated rings. The molecule has 1 atom stereocenters. The molecule has 4 nitrogen and oxygen atoms in total. The summed E-state index contributed by atoms with van der Waals surface area (Å²) in [5, 5.41) is 0. The van der Waals surface area contributed by atoms with E-state index in [1.807, 2.05) is 12.4 Å². The van der Waals surface area contributed by atoms with Gasteiger partial charge in [-0.1, -0.05) is 0 Å². The van der Waals surface area contributed by atoms with Gasteiger partial charge in [0, 0.05) is 43.6 Å². The van der Waals surface area contributed by atoms with E-state index < -0.39 is 0 Å². The average molecular weight is 262 g/mol. The predicted octanol–water partition coefficient (Wildman–Crippen LogP) is 1.33. The molecule has 2 N–H and O–H groups in total. The topological polar surface area (TPSA) is 45.4 Å². The molecule has 1 aliphatic heterocycles. The first-order valence-corrected chi connectivity index (χ1v) is 7.07. The van der Waals surface area contributed by atoms with Gasteiger partial charge in [-0.2, -0.15) is 0 Å². The van der Waals surface area contributed by atoms with Gasteiger partial charge in [-0.05, 0) is 51.6 Å². The molecule has 2 heterocycles. The maximum absolute atomic E-state index is 5.93. The lowest BCUT2D eigenvalue weighted by Gasteiger charge is -2.38. The normalized spacial score (nSPS) is 25.2. The van der Waals surface area contributed by atoms with E-state index >= 15 is 0 Å². The van der Waals surface area contributed by atoms with Gasteiger partial charge in [0.25, 0.3) is 0 Å². The molecule has 2 rings (SSSR count). The molecule has 0 radical (unpaired) electrons. The van der Waals surface area contributed by atoms with Gasteiger partial charge in [-0.3, -0.25) is 9.88 Å². The number of pyridine rings is 1. The number of rotatable bonds is 3. The zero-order valence-electron chi connectivity index (χ0n) is 12.3. The minimum atomic E-state index is 0.210. The summed E-state index contributed by atoms with van der Waals surface area (Å²) in [5.74, 6) is 0. The summed E-state index contributed by atoms with van der Waals surface area (Å²) < 4.78 is 0. The molecule has 1 aromatic heterocycles. The van der Waals surface area contributed by atoms with E-state index in [1.165, 1.54) is 12.0 Å². The number of aromatic nitrogens is 1. The van der Waals surface area contributed by atoms with Crippen molar-refractivity contribution in [3.63, 3.8) is 0 Å². The van der Waals surface area contributed by atoms with Crippen LogP contribution in [-0.4, -0.2) is 53.0 Å². The second-order valence-corrected chi connectivity index (χ2v) is 6.17. The van der Waals surface area contributed by atoms with Gasteiger partial charge in [0.15, 0.2) is 0 Å². The minimum Gasteiger partial charge on any atom is -0.329 e. The standard InChI is InChI=1S/C15H26N4/c1-15(2)6-9-18(3)14(10-16)12-19(15)11-13-4-7-17-8-5-13/h4-5,7-8,14H,6,9-12,16H2,1-3H3. The van der Waals surface area contributed by atoms with Crippen LogP contribution in [0.4, 0.5) is 0 Å². The molecule has 0 aromatic carbocycles. The van der Waals surface area contributed by atoms with Crippen LogP contribution in [-0.2, 0) is 6.54 Å². The number of hydrogen-bond acceptors (Lipinski definition) is 4. The van der Waals surface area contributed by atoms with E-state index in [1.54, 1.807) is 0 Å². The van der Waals surface area contributed by atoms with Crippen LogP contribution in [0.1, 0.15) is 25.8 Å². The van der Waals surface area contributed by atoms with Crippen LogP contribution in [0.3, 0.4) is 0 Å². The summed E-state index contributed by atoms with van der Waals surface area (Å²) in [6, 6.07) is 4.65. The molecular weight excluding hydrogens is 236 g/mol. The molecule has 1 unspecified atom stereocenters. The third-order valence-electron chi connectivity index (χ3n) is 4.38. The van der Waals surface area contributed by atoms with Gasteiger partial charge < -0.3 is 10.6 Å². The molecule has 0 bridgehead atoms. The number of nitrogens with two attached hydrogens (primary N) is 1. The lowest BCUT2D eigenvalue weighted by atomic mass is 9.97. The number of hydrogen-bond donors (Lipinski definition) is 1. The fourth-order valence-corrected chi connectivity index (χ4v) is 2.67. The molecule has 0 amide bonds. The summed E-state index contributed by atoms with van der Waals surface area (Å²) in [6.45, 7) is 8.51. The molecular formula is C15H26N4. The molecule has 0 spiro atoms. The predicted molar refractivity (Wildman–Crippen MR) is 78.8 cm³/mol. The van der Waals surface area contributed by atoms with E-state index in [4.69, 9.17) is 5.73 Å². The van der Waals surface area contributed by atoms with Crippen molar-refractivity contribution in [3.05, 3.63) is 30.1 Å². The van der Waals surface area contributed by atoms with Gasteiger partial charge in [-0.25, -0.2) is 0 Å². The van der Waals surface area contributed by atoms with Crippen LogP contribution in [0.25, 0.3) is 0 Å². The summed E-state index contributed by atoms with van der Waals surface area (Å²) >= 11 is 0. The first-order chi connectivity index (χ1) is 9.03. The van der Waals surface area contributed by atoms with Gasteiger partial charge in [0.2, 0.25) is 0 Å². The van der Waals surface area contributed by atoms with Crippen molar-refractivity contribution in [3.8, 4) is 0 Å². The van der Waals surface area contributed by atoms with Crippen molar-refractivity contribution in [2.75, 3.05) is 26.7 Å². The smallest absolute Gasteiger partial charge is 0.0342 e. The van der Waals surface area contributed by atoms with E-state index in [-0.39, 0.29) is 5.54 Å². The molecule has 4 heteroatoms. The lowest BCUT2D eigenvalue weighted by Crippen LogP contribution is -2.48. The van der Waals surface area contributed by atoms with Crippen molar-refractivity contribution in [1.82, 2.24) is 14.8 Å². The summed E-state index contributed by atoms with van der Waals surface area (Å²) in [4.78, 5) is 9.05. The summed E-state index contributed by atoms with van der Waals surface area (Å²) in [6.07, 6.45) is 4.91. The summed E-state index contributed by atoms with van der Waals surface area (Å²) in [7, 11) is 2.18. The van der Waals surface area contributed by atoms with Crippen LogP contribution < -0.4 is 5.73 Å². The quantitative estimate of drug-likeness (QED) is 0.892. The molecule has 0 aliphatic carbocycles. The fraction of sp³-hybridized carbons (Fsp3) is 0.667. The van der Waals surface area contributed by atoms with Crippen LogP contribution >= 0.6 is 0 Å². The highest BCUT2D eigenvalue weighted by Crippen LogP contribution is 2.25. The third-order valence-corrected chi connectivity index (χ3v) is 4.38. The minimum absolute atomic E-state index is 0.210. The molecule has 1 aliphatic rings. The SMILES string of the molecule is CN1CCC(C)(C)N(Cc2ccncc2)CC1CN. The molecule has 106 valence electrons. The zero-order valence-corrected chi connectivity index (χ0v) is 12.3. The van der Waals surface area contributed by atoms with Gasteiger partial charge in [0.1, 0.15) is 0 Å². The van der Waals surface area contributed by atoms with E-state index in [9.17, 15) is 0 Å². The van der Waals surface area contributed by atoms with Gasteiger partial charge >= 0.3 is 0 Å². The Morgan fingerprint density at radius 2 is 2.05 bits per heavy atom. The second kappa shape index (κ2) is 5.99. The molecule has 19 heavy (non-hydrogen) atoms. The zero-order chi connectivity index (χ0) is 13.9.